The van der Waals surface area contributed by atoms with Crippen LogP contribution >= 0.6 is 0 Å². The van der Waals surface area contributed by atoms with E-state index in [1.165, 1.54) is 17.7 Å². The molecule has 0 saturated carbocycles. The van der Waals surface area contributed by atoms with Crippen LogP contribution in [0.2, 0.25) is 0 Å². The van der Waals surface area contributed by atoms with Crippen LogP contribution in [0.25, 0.3) is 11.2 Å². The number of rotatable bonds is 4. The lowest BCUT2D eigenvalue weighted by atomic mass is 9.98. The van der Waals surface area contributed by atoms with Gasteiger partial charge in [-0.15, -0.1) is 0 Å². The van der Waals surface area contributed by atoms with E-state index in [1.807, 2.05) is 6.92 Å². The highest BCUT2D eigenvalue weighted by Crippen LogP contribution is 2.28. The Labute approximate surface area is 115 Å². The summed E-state index contributed by atoms with van der Waals surface area (Å²) in [7, 11) is 0. The van der Waals surface area contributed by atoms with Gasteiger partial charge in [-0.3, -0.25) is 4.79 Å². The number of hydrogen-bond donors (Lipinski definition) is 2. The van der Waals surface area contributed by atoms with Crippen LogP contribution in [0.3, 0.4) is 0 Å². The smallest absolute Gasteiger partial charge is 0.257 e. The molecule has 0 radical (unpaired) electrons. The summed E-state index contributed by atoms with van der Waals surface area (Å²) in [5, 5.41) is 5.66. The Hall–Kier alpha value is -2.35. The fraction of sp³-hybridized carbons (Fsp3) is 0.417. The molecule has 8 heteroatoms. The van der Waals surface area contributed by atoms with Crippen molar-refractivity contribution < 1.29 is 4.79 Å². The lowest BCUT2D eigenvalue weighted by Gasteiger charge is -2.13. The van der Waals surface area contributed by atoms with E-state index in [2.05, 4.69) is 25.0 Å². The van der Waals surface area contributed by atoms with Gasteiger partial charge in [-0.25, -0.2) is 15.0 Å². The minimum atomic E-state index is -0.216. The van der Waals surface area contributed by atoms with E-state index in [-0.39, 0.29) is 11.8 Å². The van der Waals surface area contributed by atoms with Gasteiger partial charge >= 0.3 is 0 Å². The fourth-order valence-corrected chi connectivity index (χ4v) is 2.32. The molecule has 0 aliphatic carbocycles. The number of hydrazone groups is 1. The Bertz CT molecular complexity index is 677. The first kappa shape index (κ1) is 12.7. The van der Waals surface area contributed by atoms with Gasteiger partial charge in [0.15, 0.2) is 11.5 Å². The topological polar surface area (TPSA) is 113 Å². The molecule has 1 aliphatic rings. The van der Waals surface area contributed by atoms with Gasteiger partial charge in [0.05, 0.1) is 12.2 Å². The number of amides is 1. The van der Waals surface area contributed by atoms with Crippen molar-refractivity contribution in [1.29, 1.82) is 0 Å². The van der Waals surface area contributed by atoms with Gasteiger partial charge in [0.25, 0.3) is 5.91 Å². The Morgan fingerprint density at radius 1 is 1.40 bits per heavy atom. The third kappa shape index (κ3) is 1.94. The second-order valence-electron chi connectivity index (χ2n) is 4.67. The molecule has 2 aromatic rings. The first-order chi connectivity index (χ1) is 9.72. The van der Waals surface area contributed by atoms with Crippen molar-refractivity contribution >= 4 is 28.6 Å². The van der Waals surface area contributed by atoms with E-state index in [1.54, 1.807) is 0 Å². The maximum absolute atomic E-state index is 12.5. The van der Waals surface area contributed by atoms with Crippen molar-refractivity contribution in [1.82, 2.24) is 19.9 Å². The van der Waals surface area contributed by atoms with Crippen LogP contribution in [0, 0.1) is 5.92 Å². The Balaban J connectivity index is 1.96. The zero-order valence-corrected chi connectivity index (χ0v) is 11.1. The Morgan fingerprint density at radius 2 is 2.25 bits per heavy atom. The minimum absolute atomic E-state index is 0.0782. The van der Waals surface area contributed by atoms with E-state index in [0.717, 1.165) is 12.1 Å². The number of nitrogens with zero attached hydrogens (tertiary/aromatic N) is 5. The van der Waals surface area contributed by atoms with E-state index >= 15 is 0 Å². The van der Waals surface area contributed by atoms with E-state index in [4.69, 9.17) is 5.73 Å². The lowest BCUT2D eigenvalue weighted by molar-refractivity contribution is -0.119. The normalized spacial score (nSPS) is 18.9. The van der Waals surface area contributed by atoms with Crippen molar-refractivity contribution in [3.8, 4) is 0 Å². The average molecular weight is 273 g/mol. The second kappa shape index (κ2) is 4.97. The number of nitrogens with two attached hydrogens (primary N) is 1. The second-order valence-corrected chi connectivity index (χ2v) is 4.67. The summed E-state index contributed by atoms with van der Waals surface area (Å²) in [4.78, 5) is 27.6. The number of H-pyrrole nitrogens is 1. The summed E-state index contributed by atoms with van der Waals surface area (Å²) in [5.41, 5.74) is 7.42. The molecule has 2 aromatic heterocycles. The van der Waals surface area contributed by atoms with Crippen molar-refractivity contribution in [2.75, 3.05) is 11.6 Å². The molecule has 0 bridgehead atoms. The minimum Gasteiger partial charge on any atom is -0.340 e. The first-order valence-corrected chi connectivity index (χ1v) is 6.45. The quantitative estimate of drug-likeness (QED) is 0.838. The summed E-state index contributed by atoms with van der Waals surface area (Å²) >= 11 is 0. The van der Waals surface area contributed by atoms with E-state index in [9.17, 15) is 4.79 Å². The summed E-state index contributed by atoms with van der Waals surface area (Å²) in [5.74, 6) is 0.143. The maximum Gasteiger partial charge on any atom is 0.257 e. The van der Waals surface area contributed by atoms with Gasteiger partial charge in [-0.2, -0.15) is 10.1 Å². The van der Waals surface area contributed by atoms with Crippen LogP contribution in [0.1, 0.15) is 19.8 Å². The molecule has 1 atom stereocenters. The van der Waals surface area contributed by atoms with Crippen LogP contribution in [-0.2, 0) is 4.79 Å². The number of aromatic amines is 1. The molecule has 1 amide bonds. The largest absolute Gasteiger partial charge is 0.340 e. The summed E-state index contributed by atoms with van der Waals surface area (Å²) in [6, 6.07) is 0. The number of anilines is 1. The highest BCUT2D eigenvalue weighted by Gasteiger charge is 2.35. The van der Waals surface area contributed by atoms with Gasteiger partial charge < -0.3 is 10.7 Å². The molecule has 0 aromatic carbocycles. The standard InChI is InChI=1S/C12H15N7O/c1-7-8(3-2-4-13)12(20)19(18-7)11-9-10(15-5-14-9)16-6-17-11/h5-6,8H,2-4,13H2,1H3,(H,14,15,16,17). The zero-order valence-electron chi connectivity index (χ0n) is 11.1. The van der Waals surface area contributed by atoms with E-state index < -0.39 is 0 Å². The van der Waals surface area contributed by atoms with Gasteiger partial charge in [0, 0.05) is 5.71 Å². The van der Waals surface area contributed by atoms with Gasteiger partial charge in [0.2, 0.25) is 0 Å². The van der Waals surface area contributed by atoms with Crippen LogP contribution < -0.4 is 10.7 Å². The third-order valence-electron chi connectivity index (χ3n) is 3.37. The highest BCUT2D eigenvalue weighted by molar-refractivity contribution is 6.15. The molecular weight excluding hydrogens is 258 g/mol. The predicted molar refractivity (Wildman–Crippen MR) is 74.1 cm³/mol. The summed E-state index contributed by atoms with van der Waals surface area (Å²) < 4.78 is 0. The molecule has 1 unspecified atom stereocenters. The van der Waals surface area contributed by atoms with Crippen LogP contribution in [0.5, 0.6) is 0 Å². The van der Waals surface area contributed by atoms with Crippen LogP contribution in [0.4, 0.5) is 5.82 Å². The summed E-state index contributed by atoms with van der Waals surface area (Å²) in [6.07, 6.45) is 4.40. The predicted octanol–water partition coefficient (Wildman–Crippen LogP) is 0.430. The number of nitrogens with one attached hydrogen (secondary N) is 1. The monoisotopic (exact) mass is 273 g/mol. The molecule has 3 N–H and O–H groups in total. The third-order valence-corrected chi connectivity index (χ3v) is 3.37. The van der Waals surface area contributed by atoms with Crippen molar-refractivity contribution in [2.24, 2.45) is 16.8 Å². The SMILES string of the molecule is CC1=NN(c2ncnc3nc[nH]c23)C(=O)C1CCCN. The van der Waals surface area contributed by atoms with Crippen molar-refractivity contribution in [3.63, 3.8) is 0 Å². The van der Waals surface area contributed by atoms with Crippen molar-refractivity contribution in [2.45, 2.75) is 19.8 Å². The van der Waals surface area contributed by atoms with E-state index in [0.29, 0.717) is 29.9 Å². The Kier molecular flexibility index (Phi) is 3.15. The molecule has 20 heavy (non-hydrogen) atoms. The van der Waals surface area contributed by atoms with Gasteiger partial charge in [0.1, 0.15) is 11.8 Å². The van der Waals surface area contributed by atoms with Crippen LogP contribution in [-0.4, -0.2) is 38.1 Å². The molecule has 0 spiro atoms. The molecule has 1 aliphatic heterocycles. The average Bonchev–Trinajstić information content (AvgIpc) is 3.02. The number of fused-ring (bicyclic) bond motifs is 1. The molecule has 3 heterocycles. The molecule has 3 rings (SSSR count). The number of aromatic nitrogens is 4. The molecule has 8 nitrogen and oxygen atoms in total. The zero-order chi connectivity index (χ0) is 14.1. The molecule has 0 saturated heterocycles. The fourth-order valence-electron chi connectivity index (χ4n) is 2.32. The number of carbonyl (C=O) groups is 1. The van der Waals surface area contributed by atoms with Crippen LogP contribution in [0.15, 0.2) is 17.8 Å². The van der Waals surface area contributed by atoms with Gasteiger partial charge in [-0.05, 0) is 26.3 Å². The first-order valence-electron chi connectivity index (χ1n) is 6.45. The highest BCUT2D eigenvalue weighted by atomic mass is 16.2. The lowest BCUT2D eigenvalue weighted by Crippen LogP contribution is -2.28. The molecular formula is C12H15N7O. The van der Waals surface area contributed by atoms with Crippen molar-refractivity contribution in [3.05, 3.63) is 12.7 Å². The molecule has 0 fully saturated rings. The maximum atomic E-state index is 12.5. The summed E-state index contributed by atoms with van der Waals surface area (Å²) in [6.45, 7) is 2.42. The number of carbonyl (C=O) groups excluding carboxylic acids is 1. The Morgan fingerprint density at radius 3 is 3.05 bits per heavy atom. The number of hydrogen-bond acceptors (Lipinski definition) is 6. The number of imidazole rings is 1. The molecule has 104 valence electrons. The van der Waals surface area contributed by atoms with Gasteiger partial charge in [-0.1, -0.05) is 0 Å².